The minimum atomic E-state index is -0.442. The largest absolute Gasteiger partial charge is 0.491 e. The highest BCUT2D eigenvalue weighted by molar-refractivity contribution is 14.1. The molecule has 0 bridgehead atoms. The van der Waals surface area contributed by atoms with Crippen LogP contribution in [0.4, 0.5) is 0 Å². The molecule has 1 rings (SSSR count). The van der Waals surface area contributed by atoms with Crippen molar-refractivity contribution in [3.05, 3.63) is 26.2 Å². The quantitative estimate of drug-likeness (QED) is 0.470. The third-order valence-corrected chi connectivity index (χ3v) is 3.78. The Balaban J connectivity index is 2.33. The first-order chi connectivity index (χ1) is 9.67. The maximum Gasteiger partial charge on any atom is 0.320 e. The molecule has 1 aromatic carbocycles. The van der Waals surface area contributed by atoms with E-state index < -0.39 is 5.60 Å². The molecular formula is C15H21BrINO3. The average Bonchev–Trinajstić information content (AvgIpc) is 2.29. The summed E-state index contributed by atoms with van der Waals surface area (Å²) in [6.45, 7) is 7.04. The van der Waals surface area contributed by atoms with E-state index in [0.29, 0.717) is 13.2 Å². The van der Waals surface area contributed by atoms with E-state index in [1.807, 2.05) is 50.9 Å². The minimum Gasteiger partial charge on any atom is -0.491 e. The molecule has 0 aliphatic rings. The van der Waals surface area contributed by atoms with Gasteiger partial charge in [-0.2, -0.15) is 0 Å². The van der Waals surface area contributed by atoms with Crippen LogP contribution in [0.3, 0.4) is 0 Å². The first-order valence-corrected chi connectivity index (χ1v) is 8.53. The van der Waals surface area contributed by atoms with Gasteiger partial charge in [-0.3, -0.25) is 9.69 Å². The molecule has 0 radical (unpaired) electrons. The lowest BCUT2D eigenvalue weighted by Crippen LogP contribution is -2.34. The monoisotopic (exact) mass is 469 g/mol. The number of ether oxygens (including phenoxy) is 2. The van der Waals surface area contributed by atoms with Crippen LogP contribution in [0.1, 0.15) is 20.8 Å². The molecule has 0 saturated carbocycles. The smallest absolute Gasteiger partial charge is 0.320 e. The number of hydrogen-bond acceptors (Lipinski definition) is 4. The fraction of sp³-hybridized carbons (Fsp3) is 0.533. The van der Waals surface area contributed by atoms with Crippen LogP contribution in [0, 0.1) is 3.57 Å². The van der Waals surface area contributed by atoms with E-state index in [1.54, 1.807) is 0 Å². The van der Waals surface area contributed by atoms with Gasteiger partial charge in [0.2, 0.25) is 0 Å². The van der Waals surface area contributed by atoms with E-state index in [-0.39, 0.29) is 12.5 Å². The predicted molar refractivity (Wildman–Crippen MR) is 95.7 cm³/mol. The zero-order valence-corrected chi connectivity index (χ0v) is 16.5. The van der Waals surface area contributed by atoms with Crippen molar-refractivity contribution < 1.29 is 14.3 Å². The SMILES string of the molecule is CN(CCOc1ccc(Br)cc1I)CC(=O)OC(C)(C)C. The maximum atomic E-state index is 11.7. The Hall–Kier alpha value is -0.340. The summed E-state index contributed by atoms with van der Waals surface area (Å²) < 4.78 is 13.1. The zero-order valence-electron chi connectivity index (χ0n) is 12.8. The summed E-state index contributed by atoms with van der Waals surface area (Å²) in [7, 11) is 1.87. The lowest BCUT2D eigenvalue weighted by atomic mass is 10.2. The van der Waals surface area contributed by atoms with Crippen LogP contribution in [0.2, 0.25) is 0 Å². The van der Waals surface area contributed by atoms with Gasteiger partial charge in [0.1, 0.15) is 18.0 Å². The standard InChI is InChI=1S/C15H21BrINO3/c1-15(2,3)21-14(19)10-18(4)7-8-20-13-6-5-11(16)9-12(13)17/h5-6,9H,7-8,10H2,1-4H3. The second-order valence-electron chi connectivity index (χ2n) is 5.75. The molecule has 0 saturated heterocycles. The third kappa shape index (κ3) is 8.01. The van der Waals surface area contributed by atoms with E-state index in [4.69, 9.17) is 9.47 Å². The molecule has 0 aromatic heterocycles. The van der Waals surface area contributed by atoms with E-state index in [9.17, 15) is 4.79 Å². The zero-order chi connectivity index (χ0) is 16.0. The van der Waals surface area contributed by atoms with E-state index in [2.05, 4.69) is 38.5 Å². The van der Waals surface area contributed by atoms with Crippen LogP contribution in [0.25, 0.3) is 0 Å². The number of nitrogens with zero attached hydrogens (tertiary/aromatic N) is 1. The van der Waals surface area contributed by atoms with E-state index in [1.165, 1.54) is 0 Å². The molecule has 0 spiro atoms. The van der Waals surface area contributed by atoms with Gasteiger partial charge in [-0.15, -0.1) is 0 Å². The molecule has 4 nitrogen and oxygen atoms in total. The lowest BCUT2D eigenvalue weighted by Gasteiger charge is -2.22. The number of carbonyl (C=O) groups is 1. The Morgan fingerprint density at radius 1 is 1.38 bits per heavy atom. The van der Waals surface area contributed by atoms with Crippen LogP contribution >= 0.6 is 38.5 Å². The normalized spacial score (nSPS) is 11.6. The summed E-state index contributed by atoms with van der Waals surface area (Å²) in [6.07, 6.45) is 0. The fourth-order valence-corrected chi connectivity index (χ4v) is 3.04. The van der Waals surface area contributed by atoms with Crippen molar-refractivity contribution in [3.8, 4) is 5.75 Å². The Kier molecular flexibility index (Phi) is 7.42. The molecule has 6 heteroatoms. The van der Waals surface area contributed by atoms with Crippen LogP contribution in [-0.2, 0) is 9.53 Å². The summed E-state index contributed by atoms with van der Waals surface area (Å²) in [5.74, 6) is 0.632. The highest BCUT2D eigenvalue weighted by Gasteiger charge is 2.17. The number of halogens is 2. The van der Waals surface area contributed by atoms with Gasteiger partial charge in [0.25, 0.3) is 0 Å². The molecule has 21 heavy (non-hydrogen) atoms. The Morgan fingerprint density at radius 2 is 2.05 bits per heavy atom. The number of esters is 1. The third-order valence-electron chi connectivity index (χ3n) is 2.44. The summed E-state index contributed by atoms with van der Waals surface area (Å²) >= 11 is 5.65. The van der Waals surface area contributed by atoms with Crippen LogP contribution in [-0.4, -0.2) is 43.2 Å². The molecule has 0 heterocycles. The summed E-state index contributed by atoms with van der Waals surface area (Å²) in [6, 6.07) is 5.88. The van der Waals surface area contributed by atoms with E-state index >= 15 is 0 Å². The van der Waals surface area contributed by atoms with Gasteiger partial charge in [-0.1, -0.05) is 15.9 Å². The fourth-order valence-electron chi connectivity index (χ4n) is 1.58. The van der Waals surface area contributed by atoms with Crippen LogP contribution in [0.15, 0.2) is 22.7 Å². The van der Waals surface area contributed by atoms with Gasteiger partial charge in [0, 0.05) is 11.0 Å². The first-order valence-electron chi connectivity index (χ1n) is 6.65. The van der Waals surface area contributed by atoms with Crippen molar-refractivity contribution in [2.24, 2.45) is 0 Å². The number of carbonyl (C=O) groups excluding carboxylic acids is 1. The lowest BCUT2D eigenvalue weighted by molar-refractivity contribution is -0.155. The first kappa shape index (κ1) is 18.7. The summed E-state index contributed by atoms with van der Waals surface area (Å²) in [4.78, 5) is 13.6. The molecule has 0 aliphatic heterocycles. The van der Waals surface area contributed by atoms with Gasteiger partial charge in [-0.05, 0) is 68.6 Å². The van der Waals surface area contributed by atoms with Gasteiger partial charge in [-0.25, -0.2) is 0 Å². The van der Waals surface area contributed by atoms with Crippen molar-refractivity contribution in [2.45, 2.75) is 26.4 Å². The molecule has 0 amide bonds. The molecule has 0 atom stereocenters. The Bertz CT molecular complexity index is 488. The number of likely N-dealkylation sites (N-methyl/N-ethyl adjacent to an activating group) is 1. The second kappa shape index (κ2) is 8.33. The van der Waals surface area contributed by atoms with Crippen molar-refractivity contribution in [1.82, 2.24) is 4.90 Å². The highest BCUT2D eigenvalue weighted by atomic mass is 127. The summed E-state index contributed by atoms with van der Waals surface area (Å²) in [5.41, 5.74) is -0.442. The maximum absolute atomic E-state index is 11.7. The molecule has 1 aromatic rings. The number of benzene rings is 1. The molecular weight excluding hydrogens is 449 g/mol. The number of hydrogen-bond donors (Lipinski definition) is 0. The van der Waals surface area contributed by atoms with Crippen molar-refractivity contribution in [2.75, 3.05) is 26.7 Å². The molecule has 0 fully saturated rings. The van der Waals surface area contributed by atoms with Crippen molar-refractivity contribution in [1.29, 1.82) is 0 Å². The van der Waals surface area contributed by atoms with Crippen molar-refractivity contribution in [3.63, 3.8) is 0 Å². The number of rotatable bonds is 6. The Morgan fingerprint density at radius 3 is 2.62 bits per heavy atom. The second-order valence-corrected chi connectivity index (χ2v) is 7.83. The molecule has 0 unspecified atom stereocenters. The van der Waals surface area contributed by atoms with Crippen LogP contribution < -0.4 is 4.74 Å². The van der Waals surface area contributed by atoms with Gasteiger partial charge in [0.15, 0.2) is 0 Å². The van der Waals surface area contributed by atoms with E-state index in [0.717, 1.165) is 13.8 Å². The van der Waals surface area contributed by atoms with Crippen molar-refractivity contribution >= 4 is 44.5 Å². The molecule has 0 aliphatic carbocycles. The predicted octanol–water partition coefficient (Wildman–Crippen LogP) is 3.71. The molecule has 118 valence electrons. The van der Waals surface area contributed by atoms with Gasteiger partial charge in [0.05, 0.1) is 10.1 Å². The summed E-state index contributed by atoms with van der Waals surface area (Å²) in [5, 5.41) is 0. The Labute approximate surface area is 148 Å². The average molecular weight is 470 g/mol. The van der Waals surface area contributed by atoms with Gasteiger partial charge < -0.3 is 9.47 Å². The highest BCUT2D eigenvalue weighted by Crippen LogP contribution is 2.24. The topological polar surface area (TPSA) is 38.8 Å². The minimum absolute atomic E-state index is 0.219. The van der Waals surface area contributed by atoms with Gasteiger partial charge >= 0.3 is 5.97 Å². The molecule has 0 N–H and O–H groups in total. The van der Waals surface area contributed by atoms with Crippen LogP contribution in [0.5, 0.6) is 5.75 Å².